The minimum absolute atomic E-state index is 0.228. The van der Waals surface area contributed by atoms with Crippen molar-refractivity contribution in [2.45, 2.75) is 13.8 Å². The van der Waals surface area contributed by atoms with Crippen LogP contribution < -0.4 is 5.56 Å². The highest BCUT2D eigenvalue weighted by molar-refractivity contribution is 9.10. The Bertz CT molecular complexity index is 1410. The van der Waals surface area contributed by atoms with Crippen LogP contribution in [0.2, 0.25) is 5.02 Å². The van der Waals surface area contributed by atoms with E-state index in [9.17, 15) is 10.1 Å². The zero-order valence-electron chi connectivity index (χ0n) is 16.2. The van der Waals surface area contributed by atoms with Crippen LogP contribution in [0.25, 0.3) is 28.2 Å². The van der Waals surface area contributed by atoms with Crippen molar-refractivity contribution in [3.05, 3.63) is 91.2 Å². The predicted molar refractivity (Wildman–Crippen MR) is 124 cm³/mol. The maximum atomic E-state index is 12.5. The molecule has 5 nitrogen and oxygen atoms in total. The maximum absolute atomic E-state index is 12.5. The summed E-state index contributed by atoms with van der Waals surface area (Å²) in [7, 11) is 0. The van der Waals surface area contributed by atoms with Gasteiger partial charge in [0.25, 0.3) is 5.56 Å². The monoisotopic (exact) mass is 478 g/mol. The number of hydrogen-bond acceptors (Lipinski definition) is 3. The van der Waals surface area contributed by atoms with Gasteiger partial charge in [0.1, 0.15) is 6.07 Å². The van der Waals surface area contributed by atoms with Gasteiger partial charge in [0.05, 0.1) is 16.5 Å². The van der Waals surface area contributed by atoms with Gasteiger partial charge in [0, 0.05) is 26.6 Å². The lowest BCUT2D eigenvalue weighted by atomic mass is 10.1. The smallest absolute Gasteiger partial charge is 0.259 e. The molecule has 0 amide bonds. The molecule has 0 saturated heterocycles. The molecule has 0 fully saturated rings. The summed E-state index contributed by atoms with van der Waals surface area (Å²) in [4.78, 5) is 19.6. The molecule has 1 N–H and O–H groups in total. The second kappa shape index (κ2) is 7.94. The first kappa shape index (κ1) is 20.1. The fraction of sp³-hybridized carbons (Fsp3) is 0.0870. The molecule has 0 aliphatic carbocycles. The van der Waals surface area contributed by atoms with Crippen LogP contribution in [0.1, 0.15) is 22.8 Å². The lowest BCUT2D eigenvalue weighted by molar-refractivity contribution is 0.964. The third-order valence-electron chi connectivity index (χ3n) is 4.90. The largest absolute Gasteiger partial charge is 0.318 e. The summed E-state index contributed by atoms with van der Waals surface area (Å²) in [5, 5.41) is 10.6. The van der Waals surface area contributed by atoms with Crippen LogP contribution >= 0.6 is 27.5 Å². The standard InChI is InChI=1S/C23H16BrClN4O/c1-13-9-15(14(2)29(13)19-6-3-17(24)4-7-19)10-16(12-26)22-27-21-8-5-18(25)11-20(21)23(30)28-22/h3-11H,1-2H3,(H,27,28,30)/b16-10+. The number of rotatable bonds is 3. The average molecular weight is 480 g/mol. The highest BCUT2D eigenvalue weighted by Gasteiger charge is 2.13. The van der Waals surface area contributed by atoms with Crippen LogP contribution in [0.3, 0.4) is 0 Å². The zero-order chi connectivity index (χ0) is 21.4. The second-order valence-corrected chi connectivity index (χ2v) is 8.24. The van der Waals surface area contributed by atoms with Crippen molar-refractivity contribution in [1.82, 2.24) is 14.5 Å². The number of aryl methyl sites for hydroxylation is 1. The first-order valence-electron chi connectivity index (χ1n) is 9.14. The number of benzene rings is 2. The number of nitriles is 1. The molecule has 0 aliphatic heterocycles. The number of nitrogens with zero attached hydrogens (tertiary/aromatic N) is 3. The molecule has 2 heterocycles. The predicted octanol–water partition coefficient (Wildman–Crippen LogP) is 5.81. The minimum Gasteiger partial charge on any atom is -0.318 e. The second-order valence-electron chi connectivity index (χ2n) is 6.88. The first-order chi connectivity index (χ1) is 14.4. The maximum Gasteiger partial charge on any atom is 0.259 e. The Morgan fingerprint density at radius 3 is 2.63 bits per heavy atom. The van der Waals surface area contributed by atoms with Crippen molar-refractivity contribution in [1.29, 1.82) is 5.26 Å². The van der Waals surface area contributed by atoms with Gasteiger partial charge in [-0.3, -0.25) is 4.79 Å². The molecular formula is C23H16BrClN4O. The molecule has 4 rings (SSSR count). The lowest BCUT2D eigenvalue weighted by Crippen LogP contribution is -2.11. The number of nitrogens with one attached hydrogen (secondary N) is 1. The number of halogens is 2. The minimum atomic E-state index is -0.334. The van der Waals surface area contributed by atoms with Gasteiger partial charge in [0.15, 0.2) is 5.82 Å². The number of hydrogen-bond donors (Lipinski definition) is 1. The van der Waals surface area contributed by atoms with E-state index in [0.717, 1.165) is 27.1 Å². The van der Waals surface area contributed by atoms with E-state index in [4.69, 9.17) is 11.6 Å². The number of fused-ring (bicyclic) bond motifs is 1. The molecule has 4 aromatic rings. The molecule has 0 saturated carbocycles. The number of aromatic amines is 1. The van der Waals surface area contributed by atoms with E-state index < -0.39 is 0 Å². The van der Waals surface area contributed by atoms with Crippen LogP contribution in [-0.4, -0.2) is 14.5 Å². The Morgan fingerprint density at radius 2 is 1.93 bits per heavy atom. The Hall–Kier alpha value is -3.14. The SMILES string of the molecule is Cc1cc(/C=C(\C#N)c2nc3ccc(Cl)cc3c(=O)[nH]2)c(C)n1-c1ccc(Br)cc1. The quantitative estimate of drug-likeness (QED) is 0.377. The molecule has 0 spiro atoms. The normalized spacial score (nSPS) is 11.6. The topological polar surface area (TPSA) is 74.5 Å². The van der Waals surface area contributed by atoms with Gasteiger partial charge in [-0.2, -0.15) is 5.26 Å². The van der Waals surface area contributed by atoms with Gasteiger partial charge >= 0.3 is 0 Å². The third-order valence-corrected chi connectivity index (χ3v) is 5.66. The van der Waals surface area contributed by atoms with E-state index in [-0.39, 0.29) is 17.0 Å². The molecule has 2 aromatic heterocycles. The first-order valence-corrected chi connectivity index (χ1v) is 10.3. The van der Waals surface area contributed by atoms with Gasteiger partial charge in [-0.25, -0.2) is 4.98 Å². The highest BCUT2D eigenvalue weighted by atomic mass is 79.9. The highest BCUT2D eigenvalue weighted by Crippen LogP contribution is 2.25. The molecule has 0 aliphatic rings. The van der Waals surface area contributed by atoms with Gasteiger partial charge < -0.3 is 9.55 Å². The Kier molecular flexibility index (Phi) is 5.33. The Labute approximate surface area is 186 Å². The van der Waals surface area contributed by atoms with Gasteiger partial charge in [-0.1, -0.05) is 27.5 Å². The third kappa shape index (κ3) is 3.70. The number of aromatic nitrogens is 3. The number of allylic oxidation sites excluding steroid dienone is 1. The molecule has 0 atom stereocenters. The van der Waals surface area contributed by atoms with Gasteiger partial charge in [0.2, 0.25) is 0 Å². The van der Waals surface area contributed by atoms with E-state index in [1.807, 2.05) is 44.2 Å². The molecule has 0 unspecified atom stereocenters. The van der Waals surface area contributed by atoms with Crippen molar-refractivity contribution in [2.75, 3.05) is 0 Å². The van der Waals surface area contributed by atoms with Crippen molar-refractivity contribution in [2.24, 2.45) is 0 Å². The van der Waals surface area contributed by atoms with Gasteiger partial charge in [-0.15, -0.1) is 0 Å². The van der Waals surface area contributed by atoms with Crippen LogP contribution in [0, 0.1) is 25.2 Å². The Balaban J connectivity index is 1.83. The van der Waals surface area contributed by atoms with Crippen LogP contribution in [0.15, 0.2) is 57.8 Å². The van der Waals surface area contributed by atoms with E-state index in [1.54, 1.807) is 24.3 Å². The molecule has 7 heteroatoms. The van der Waals surface area contributed by atoms with E-state index >= 15 is 0 Å². The molecule has 148 valence electrons. The summed E-state index contributed by atoms with van der Waals surface area (Å²) in [5.41, 5.74) is 4.36. The van der Waals surface area contributed by atoms with E-state index in [1.165, 1.54) is 0 Å². The summed E-state index contributed by atoms with van der Waals surface area (Å²) in [5.74, 6) is 0.228. The van der Waals surface area contributed by atoms with Crippen LogP contribution in [-0.2, 0) is 0 Å². The summed E-state index contributed by atoms with van der Waals surface area (Å²) in [6.45, 7) is 4.01. The van der Waals surface area contributed by atoms with Crippen molar-refractivity contribution in [3.63, 3.8) is 0 Å². The molecule has 2 aromatic carbocycles. The van der Waals surface area contributed by atoms with E-state index in [2.05, 4.69) is 36.5 Å². The van der Waals surface area contributed by atoms with E-state index in [0.29, 0.717) is 15.9 Å². The average Bonchev–Trinajstić information content (AvgIpc) is 3.00. The fourth-order valence-electron chi connectivity index (χ4n) is 3.47. The summed E-state index contributed by atoms with van der Waals surface area (Å²) >= 11 is 9.43. The molecule has 30 heavy (non-hydrogen) atoms. The molecular weight excluding hydrogens is 464 g/mol. The molecule has 0 radical (unpaired) electrons. The van der Waals surface area contributed by atoms with Gasteiger partial charge in [-0.05, 0) is 74.0 Å². The fourth-order valence-corrected chi connectivity index (χ4v) is 3.91. The number of H-pyrrole nitrogens is 1. The molecule has 0 bridgehead atoms. The van der Waals surface area contributed by atoms with Crippen LogP contribution in [0.4, 0.5) is 0 Å². The lowest BCUT2D eigenvalue weighted by Gasteiger charge is -2.09. The van der Waals surface area contributed by atoms with Crippen LogP contribution in [0.5, 0.6) is 0 Å². The summed E-state index contributed by atoms with van der Waals surface area (Å²) < 4.78 is 3.12. The zero-order valence-corrected chi connectivity index (χ0v) is 18.5. The summed E-state index contributed by atoms with van der Waals surface area (Å²) in [6, 6.07) is 17.1. The summed E-state index contributed by atoms with van der Waals surface area (Å²) in [6.07, 6.45) is 1.75. The van der Waals surface area contributed by atoms with Crippen molar-refractivity contribution in [3.8, 4) is 11.8 Å². The Morgan fingerprint density at radius 1 is 1.20 bits per heavy atom. The van der Waals surface area contributed by atoms with Crippen molar-refractivity contribution >= 4 is 50.1 Å². The van der Waals surface area contributed by atoms with Crippen molar-refractivity contribution < 1.29 is 0 Å².